The Morgan fingerprint density at radius 3 is 2.19 bits per heavy atom. The average Bonchev–Trinajstić information content (AvgIpc) is 2.83. The second-order valence-corrected chi connectivity index (χ2v) is 6.89. The highest BCUT2D eigenvalue weighted by Crippen LogP contribution is 2.32. The monoisotopic (exact) mass is 290 g/mol. The summed E-state index contributed by atoms with van der Waals surface area (Å²) in [7, 11) is 0. The molecule has 2 saturated carbocycles. The Bertz CT molecular complexity index is 446. The molecule has 2 fully saturated rings. The van der Waals surface area contributed by atoms with Gasteiger partial charge in [0.15, 0.2) is 5.78 Å². The summed E-state index contributed by atoms with van der Waals surface area (Å²) in [6, 6.07) is 0.227. The highest BCUT2D eigenvalue weighted by Gasteiger charge is 2.43. The lowest BCUT2D eigenvalue weighted by atomic mass is 9.80. The van der Waals surface area contributed by atoms with Crippen molar-refractivity contribution in [2.24, 2.45) is 16.9 Å². The third kappa shape index (κ3) is 2.90. The molecule has 1 heterocycles. The number of amides is 1. The van der Waals surface area contributed by atoms with Crippen molar-refractivity contribution in [3.05, 3.63) is 0 Å². The van der Waals surface area contributed by atoms with Gasteiger partial charge in [0.05, 0.1) is 11.8 Å². The number of ketones is 1. The van der Waals surface area contributed by atoms with Crippen LogP contribution in [0.5, 0.6) is 0 Å². The van der Waals surface area contributed by atoms with Crippen LogP contribution >= 0.6 is 0 Å². The van der Waals surface area contributed by atoms with Crippen molar-refractivity contribution < 1.29 is 9.59 Å². The van der Waals surface area contributed by atoms with E-state index in [1.807, 2.05) is 6.92 Å². The van der Waals surface area contributed by atoms with Crippen LogP contribution < -0.4 is 0 Å². The fourth-order valence-electron chi connectivity index (χ4n) is 4.13. The van der Waals surface area contributed by atoms with E-state index in [1.165, 1.54) is 25.7 Å². The average molecular weight is 290 g/mol. The zero-order valence-electron chi connectivity index (χ0n) is 13.0. The maximum Gasteiger partial charge on any atom is 0.259 e. The van der Waals surface area contributed by atoms with Crippen molar-refractivity contribution in [3.63, 3.8) is 0 Å². The van der Waals surface area contributed by atoms with Crippen LogP contribution in [0, 0.1) is 11.8 Å². The molecule has 3 aliphatic rings. The second-order valence-electron chi connectivity index (χ2n) is 6.89. The van der Waals surface area contributed by atoms with Crippen LogP contribution in [0.3, 0.4) is 0 Å². The Hall–Kier alpha value is -1.19. The van der Waals surface area contributed by atoms with Crippen molar-refractivity contribution in [1.82, 2.24) is 5.01 Å². The summed E-state index contributed by atoms with van der Waals surface area (Å²) >= 11 is 0. The molecule has 116 valence electrons. The molecular weight excluding hydrogens is 264 g/mol. The van der Waals surface area contributed by atoms with Crippen LogP contribution in [0.25, 0.3) is 0 Å². The van der Waals surface area contributed by atoms with Crippen molar-refractivity contribution in [1.29, 1.82) is 0 Å². The molecule has 0 bridgehead atoms. The minimum Gasteiger partial charge on any atom is -0.298 e. The van der Waals surface area contributed by atoms with E-state index in [4.69, 9.17) is 0 Å². The van der Waals surface area contributed by atoms with Crippen LogP contribution in [-0.4, -0.2) is 28.5 Å². The lowest BCUT2D eigenvalue weighted by Gasteiger charge is -2.29. The molecular formula is C17H26N2O2. The Kier molecular flexibility index (Phi) is 4.41. The van der Waals surface area contributed by atoms with Crippen LogP contribution in [0.15, 0.2) is 5.10 Å². The fraction of sp³-hybridized carbons (Fsp3) is 0.824. The number of rotatable bonds is 3. The predicted octanol–water partition coefficient (Wildman–Crippen LogP) is 3.30. The molecule has 1 amide bonds. The molecule has 1 atom stereocenters. The highest BCUT2D eigenvalue weighted by molar-refractivity contribution is 6.22. The van der Waals surface area contributed by atoms with Crippen LogP contribution in [0.4, 0.5) is 0 Å². The highest BCUT2D eigenvalue weighted by atomic mass is 16.2. The summed E-state index contributed by atoms with van der Waals surface area (Å²) < 4.78 is 0. The third-order valence-electron chi connectivity index (χ3n) is 5.37. The smallest absolute Gasteiger partial charge is 0.259 e. The molecule has 0 spiro atoms. The lowest BCUT2D eigenvalue weighted by Crippen LogP contribution is -2.41. The molecule has 1 unspecified atom stereocenters. The first-order valence-corrected chi connectivity index (χ1v) is 8.60. The Morgan fingerprint density at radius 2 is 1.57 bits per heavy atom. The minimum atomic E-state index is -0.574. The van der Waals surface area contributed by atoms with Gasteiger partial charge < -0.3 is 0 Å². The molecule has 0 N–H and O–H groups in total. The Balaban J connectivity index is 1.70. The fourth-order valence-corrected chi connectivity index (χ4v) is 4.13. The SMILES string of the molecule is CC1=NN(C2CCCCC2)C(=O)C1C(=O)C1CCCCC1. The molecule has 21 heavy (non-hydrogen) atoms. The van der Waals surface area contributed by atoms with E-state index < -0.39 is 5.92 Å². The van der Waals surface area contributed by atoms with Crippen LogP contribution in [-0.2, 0) is 9.59 Å². The number of hydrazone groups is 1. The minimum absolute atomic E-state index is 0.0463. The summed E-state index contributed by atoms with van der Waals surface area (Å²) in [6.07, 6.45) is 11.1. The van der Waals surface area contributed by atoms with E-state index in [1.54, 1.807) is 5.01 Å². The van der Waals surface area contributed by atoms with E-state index in [2.05, 4.69) is 5.10 Å². The van der Waals surface area contributed by atoms with Gasteiger partial charge in [-0.05, 0) is 32.6 Å². The number of carbonyl (C=O) groups is 2. The van der Waals surface area contributed by atoms with E-state index in [-0.39, 0.29) is 23.7 Å². The molecule has 0 aromatic rings. The number of nitrogens with zero attached hydrogens (tertiary/aromatic N) is 2. The lowest BCUT2D eigenvalue weighted by molar-refractivity contribution is -0.140. The number of Topliss-reactive ketones (excluding diaryl/α,β-unsaturated/α-hetero) is 1. The van der Waals surface area contributed by atoms with Gasteiger partial charge in [0.2, 0.25) is 0 Å². The number of carbonyl (C=O) groups excluding carboxylic acids is 2. The van der Waals surface area contributed by atoms with E-state index in [0.29, 0.717) is 0 Å². The first-order chi connectivity index (χ1) is 10.2. The van der Waals surface area contributed by atoms with E-state index in [0.717, 1.165) is 44.2 Å². The van der Waals surface area contributed by atoms with Crippen molar-refractivity contribution >= 4 is 17.4 Å². The molecule has 0 radical (unpaired) electrons. The quantitative estimate of drug-likeness (QED) is 0.749. The normalized spacial score (nSPS) is 28.8. The predicted molar refractivity (Wildman–Crippen MR) is 81.9 cm³/mol. The molecule has 1 aliphatic heterocycles. The van der Waals surface area contributed by atoms with Gasteiger partial charge in [-0.25, -0.2) is 5.01 Å². The standard InChI is InChI=1S/C17H26N2O2/c1-12-15(16(20)13-8-4-2-5-9-13)17(21)19(18-12)14-10-6-3-7-11-14/h13-15H,2-11H2,1H3. The molecule has 4 heteroatoms. The summed E-state index contributed by atoms with van der Waals surface area (Å²) in [5.74, 6) is -0.395. The summed E-state index contributed by atoms with van der Waals surface area (Å²) in [5, 5.41) is 6.12. The molecule has 0 aromatic heterocycles. The van der Waals surface area contributed by atoms with Crippen molar-refractivity contribution in [2.75, 3.05) is 0 Å². The van der Waals surface area contributed by atoms with Gasteiger partial charge in [-0.1, -0.05) is 38.5 Å². The van der Waals surface area contributed by atoms with E-state index >= 15 is 0 Å². The summed E-state index contributed by atoms with van der Waals surface area (Å²) in [4.78, 5) is 25.4. The third-order valence-corrected chi connectivity index (χ3v) is 5.37. The summed E-state index contributed by atoms with van der Waals surface area (Å²) in [5.41, 5.74) is 0.723. The van der Waals surface area contributed by atoms with Gasteiger partial charge in [0, 0.05) is 5.92 Å². The van der Waals surface area contributed by atoms with Crippen LogP contribution in [0.1, 0.15) is 71.1 Å². The van der Waals surface area contributed by atoms with E-state index in [9.17, 15) is 9.59 Å². The maximum atomic E-state index is 12.7. The number of hydrogen-bond acceptors (Lipinski definition) is 3. The van der Waals surface area contributed by atoms with Gasteiger partial charge in [-0.15, -0.1) is 0 Å². The Morgan fingerprint density at radius 1 is 1.00 bits per heavy atom. The molecule has 2 aliphatic carbocycles. The van der Waals surface area contributed by atoms with Gasteiger partial charge >= 0.3 is 0 Å². The number of hydrogen-bond donors (Lipinski definition) is 0. The first-order valence-electron chi connectivity index (χ1n) is 8.60. The van der Waals surface area contributed by atoms with Gasteiger partial charge in [-0.2, -0.15) is 5.10 Å². The maximum absolute atomic E-state index is 12.7. The molecule has 3 rings (SSSR count). The Labute approximate surface area is 127 Å². The zero-order chi connectivity index (χ0) is 14.8. The largest absolute Gasteiger partial charge is 0.298 e. The first kappa shape index (κ1) is 14.7. The van der Waals surface area contributed by atoms with Crippen LogP contribution in [0.2, 0.25) is 0 Å². The van der Waals surface area contributed by atoms with Crippen molar-refractivity contribution in [2.45, 2.75) is 77.2 Å². The molecule has 0 saturated heterocycles. The zero-order valence-corrected chi connectivity index (χ0v) is 13.0. The molecule has 4 nitrogen and oxygen atoms in total. The topological polar surface area (TPSA) is 49.7 Å². The van der Waals surface area contributed by atoms with Gasteiger partial charge in [0.1, 0.15) is 5.92 Å². The molecule has 0 aromatic carbocycles. The summed E-state index contributed by atoms with van der Waals surface area (Å²) in [6.45, 7) is 1.85. The van der Waals surface area contributed by atoms with Crippen molar-refractivity contribution in [3.8, 4) is 0 Å². The van der Waals surface area contributed by atoms with Gasteiger partial charge in [0.25, 0.3) is 5.91 Å². The van der Waals surface area contributed by atoms with Gasteiger partial charge in [-0.3, -0.25) is 9.59 Å². The second kappa shape index (κ2) is 6.29.